The predicted molar refractivity (Wildman–Crippen MR) is 98.9 cm³/mol. The fourth-order valence-corrected chi connectivity index (χ4v) is 3.12. The van der Waals surface area contributed by atoms with Gasteiger partial charge in [0.2, 0.25) is 0 Å². The van der Waals surface area contributed by atoms with Gasteiger partial charge in [-0.25, -0.2) is 9.78 Å². The number of rotatable bonds is 6. The highest BCUT2D eigenvalue weighted by Gasteiger charge is 2.10. The maximum Gasteiger partial charge on any atom is 0.335 e. The summed E-state index contributed by atoms with van der Waals surface area (Å²) in [6, 6.07) is 11.2. The molecule has 2 N–H and O–H groups in total. The van der Waals surface area contributed by atoms with Crippen molar-refractivity contribution in [1.29, 1.82) is 0 Å². The monoisotopic (exact) mass is 339 g/mol. The molecule has 5 nitrogen and oxygen atoms in total. The van der Waals surface area contributed by atoms with Gasteiger partial charge in [-0.15, -0.1) is 0 Å². The van der Waals surface area contributed by atoms with Crippen molar-refractivity contribution < 1.29 is 9.90 Å². The topological polar surface area (TPSA) is 65.5 Å². The van der Waals surface area contributed by atoms with Gasteiger partial charge in [0.1, 0.15) is 5.82 Å². The number of aromatic carboxylic acids is 1. The van der Waals surface area contributed by atoms with Crippen molar-refractivity contribution in [3.8, 4) is 0 Å². The Morgan fingerprint density at radius 3 is 2.20 bits per heavy atom. The lowest BCUT2D eigenvalue weighted by molar-refractivity contribution is 0.0697. The Labute approximate surface area is 148 Å². The van der Waals surface area contributed by atoms with Crippen LogP contribution in [0.2, 0.25) is 0 Å². The molecule has 25 heavy (non-hydrogen) atoms. The van der Waals surface area contributed by atoms with Crippen LogP contribution in [0.5, 0.6) is 0 Å². The van der Waals surface area contributed by atoms with E-state index in [9.17, 15) is 4.79 Å². The quantitative estimate of drug-likeness (QED) is 0.844. The van der Waals surface area contributed by atoms with E-state index in [2.05, 4.69) is 27.3 Å². The highest BCUT2D eigenvalue weighted by Crippen LogP contribution is 2.17. The van der Waals surface area contributed by atoms with Crippen molar-refractivity contribution in [3.05, 3.63) is 59.3 Å². The van der Waals surface area contributed by atoms with Gasteiger partial charge < -0.3 is 15.3 Å². The number of aromatic nitrogens is 1. The van der Waals surface area contributed by atoms with Gasteiger partial charge in [-0.05, 0) is 42.2 Å². The Hall–Kier alpha value is -2.40. The van der Waals surface area contributed by atoms with E-state index < -0.39 is 5.97 Å². The van der Waals surface area contributed by atoms with Gasteiger partial charge in [-0.3, -0.25) is 0 Å². The van der Waals surface area contributed by atoms with E-state index in [0.717, 1.165) is 36.6 Å². The summed E-state index contributed by atoms with van der Waals surface area (Å²) < 4.78 is 0. The second-order valence-electron chi connectivity index (χ2n) is 6.53. The first-order chi connectivity index (χ1) is 12.2. The molecule has 0 atom stereocenters. The van der Waals surface area contributed by atoms with E-state index in [-0.39, 0.29) is 0 Å². The second kappa shape index (κ2) is 8.62. The molecule has 0 unspecified atom stereocenters. The van der Waals surface area contributed by atoms with Crippen molar-refractivity contribution in [2.75, 3.05) is 18.0 Å². The SMILES string of the molecule is O=C(O)c1ccc(CNCc2ccc(N3CCCCCC3)nc2)cc1. The zero-order valence-corrected chi connectivity index (χ0v) is 14.4. The Bertz CT molecular complexity index is 675. The molecule has 5 heteroatoms. The summed E-state index contributed by atoms with van der Waals surface area (Å²) in [5.74, 6) is 0.185. The Balaban J connectivity index is 1.49. The molecule has 0 radical (unpaired) electrons. The van der Waals surface area contributed by atoms with Crippen LogP contribution < -0.4 is 10.2 Å². The summed E-state index contributed by atoms with van der Waals surface area (Å²) in [7, 11) is 0. The number of pyridine rings is 1. The van der Waals surface area contributed by atoms with Gasteiger partial charge in [0.05, 0.1) is 5.56 Å². The average Bonchev–Trinajstić information content (AvgIpc) is 2.92. The molecule has 1 aliphatic rings. The van der Waals surface area contributed by atoms with Crippen LogP contribution in [0, 0.1) is 0 Å². The number of carboxylic acids is 1. The molecule has 1 saturated heterocycles. The van der Waals surface area contributed by atoms with E-state index >= 15 is 0 Å². The third-order valence-electron chi connectivity index (χ3n) is 4.60. The van der Waals surface area contributed by atoms with Crippen LogP contribution in [0.1, 0.15) is 47.2 Å². The molecule has 3 rings (SSSR count). The molecule has 2 aromatic rings. The van der Waals surface area contributed by atoms with Crippen LogP contribution in [0.15, 0.2) is 42.6 Å². The molecule has 132 valence electrons. The van der Waals surface area contributed by atoms with Crippen LogP contribution in [-0.4, -0.2) is 29.1 Å². The first-order valence-electron chi connectivity index (χ1n) is 8.95. The van der Waals surface area contributed by atoms with Gasteiger partial charge in [0.15, 0.2) is 0 Å². The first kappa shape index (κ1) is 17.4. The van der Waals surface area contributed by atoms with Gasteiger partial charge in [0, 0.05) is 32.4 Å². The highest BCUT2D eigenvalue weighted by atomic mass is 16.4. The molecule has 0 bridgehead atoms. The van der Waals surface area contributed by atoms with Gasteiger partial charge in [-0.2, -0.15) is 0 Å². The third-order valence-corrected chi connectivity index (χ3v) is 4.60. The van der Waals surface area contributed by atoms with E-state index in [1.54, 1.807) is 12.1 Å². The zero-order chi connectivity index (χ0) is 17.5. The summed E-state index contributed by atoms with van der Waals surface area (Å²) in [5, 5.41) is 12.3. The van der Waals surface area contributed by atoms with E-state index in [1.165, 1.54) is 25.7 Å². The number of carbonyl (C=O) groups is 1. The molecule has 0 saturated carbocycles. The second-order valence-corrected chi connectivity index (χ2v) is 6.53. The van der Waals surface area contributed by atoms with Crippen molar-refractivity contribution in [3.63, 3.8) is 0 Å². The number of carboxylic acid groups (broad SMARTS) is 1. The summed E-state index contributed by atoms with van der Waals surface area (Å²) in [6.45, 7) is 3.66. The average molecular weight is 339 g/mol. The molecule has 1 aliphatic heterocycles. The molecule has 0 spiro atoms. The number of benzene rings is 1. The van der Waals surface area contributed by atoms with E-state index in [0.29, 0.717) is 12.1 Å². The van der Waals surface area contributed by atoms with Crippen LogP contribution in [0.4, 0.5) is 5.82 Å². The summed E-state index contributed by atoms with van der Waals surface area (Å²) in [5.41, 5.74) is 2.54. The number of nitrogens with one attached hydrogen (secondary N) is 1. The number of nitrogens with zero attached hydrogens (tertiary/aromatic N) is 2. The van der Waals surface area contributed by atoms with Crippen LogP contribution in [0.3, 0.4) is 0 Å². The summed E-state index contributed by atoms with van der Waals surface area (Å²) in [4.78, 5) is 17.9. The van der Waals surface area contributed by atoms with E-state index in [1.807, 2.05) is 18.3 Å². The molecule has 2 heterocycles. The highest BCUT2D eigenvalue weighted by molar-refractivity contribution is 5.87. The van der Waals surface area contributed by atoms with Crippen LogP contribution in [-0.2, 0) is 13.1 Å². The first-order valence-corrected chi connectivity index (χ1v) is 8.95. The van der Waals surface area contributed by atoms with Crippen molar-refractivity contribution in [2.24, 2.45) is 0 Å². The van der Waals surface area contributed by atoms with Gasteiger partial charge in [0.25, 0.3) is 0 Å². The zero-order valence-electron chi connectivity index (χ0n) is 14.4. The molecule has 1 aromatic carbocycles. The van der Waals surface area contributed by atoms with Crippen molar-refractivity contribution in [1.82, 2.24) is 10.3 Å². The minimum atomic E-state index is -0.893. The molecule has 1 aromatic heterocycles. The lowest BCUT2D eigenvalue weighted by Gasteiger charge is -2.21. The maximum atomic E-state index is 10.8. The van der Waals surface area contributed by atoms with Crippen molar-refractivity contribution >= 4 is 11.8 Å². The van der Waals surface area contributed by atoms with Crippen LogP contribution >= 0.6 is 0 Å². The van der Waals surface area contributed by atoms with Crippen molar-refractivity contribution in [2.45, 2.75) is 38.8 Å². The Morgan fingerprint density at radius 2 is 1.60 bits per heavy atom. The Morgan fingerprint density at radius 1 is 0.960 bits per heavy atom. The maximum absolute atomic E-state index is 10.8. The fourth-order valence-electron chi connectivity index (χ4n) is 3.12. The van der Waals surface area contributed by atoms with Crippen LogP contribution in [0.25, 0.3) is 0 Å². The Kier molecular flexibility index (Phi) is 6.01. The third kappa shape index (κ3) is 5.03. The molecule has 1 fully saturated rings. The van der Waals surface area contributed by atoms with Gasteiger partial charge >= 0.3 is 5.97 Å². The number of anilines is 1. The summed E-state index contributed by atoms with van der Waals surface area (Å²) in [6.07, 6.45) is 7.11. The molecular weight excluding hydrogens is 314 g/mol. The largest absolute Gasteiger partial charge is 0.478 e. The fraction of sp³-hybridized carbons (Fsp3) is 0.400. The standard InChI is InChI=1S/C20H25N3O2/c24-20(25)18-8-5-16(6-9-18)13-21-14-17-7-10-19(22-15-17)23-11-3-1-2-4-12-23/h5-10,15,21H,1-4,11-14H2,(H,24,25). The lowest BCUT2D eigenvalue weighted by atomic mass is 10.1. The smallest absolute Gasteiger partial charge is 0.335 e. The van der Waals surface area contributed by atoms with Gasteiger partial charge in [-0.1, -0.05) is 31.0 Å². The minimum absolute atomic E-state index is 0.317. The number of hydrogen-bond acceptors (Lipinski definition) is 4. The summed E-state index contributed by atoms with van der Waals surface area (Å²) >= 11 is 0. The number of hydrogen-bond donors (Lipinski definition) is 2. The predicted octanol–water partition coefficient (Wildman–Crippen LogP) is 3.45. The molecule has 0 aliphatic carbocycles. The minimum Gasteiger partial charge on any atom is -0.478 e. The normalized spacial score (nSPS) is 15.0. The van der Waals surface area contributed by atoms with E-state index in [4.69, 9.17) is 5.11 Å². The molecule has 0 amide bonds. The molecular formula is C20H25N3O2. The lowest BCUT2D eigenvalue weighted by Crippen LogP contribution is -2.24.